The normalized spacial score (nSPS) is 12.0. The summed E-state index contributed by atoms with van der Waals surface area (Å²) >= 11 is 0. The van der Waals surface area contributed by atoms with Crippen LogP contribution in [0.3, 0.4) is 0 Å². The maximum atomic E-state index is 12.7. The second kappa shape index (κ2) is 10.6. The van der Waals surface area contributed by atoms with Gasteiger partial charge in [-0.25, -0.2) is 0 Å². The van der Waals surface area contributed by atoms with Gasteiger partial charge in [0.15, 0.2) is 0 Å². The molecule has 0 atom stereocenters. The third kappa shape index (κ3) is 5.46. The standard InChI is InChI=1S/C27H32O4S/c1-6-27(28)31-32(24-10-8-7-9-11-24,25-16-12-22(13-17-25)29-20(2)3)26-18-14-23(15-19-26)30-21(4)5/h7-21H,6H2,1-5H3. The molecule has 0 radical (unpaired) electrons. The minimum Gasteiger partial charge on any atom is -0.491 e. The Bertz CT molecular complexity index is 943. The molecule has 0 heterocycles. The molecule has 0 saturated heterocycles. The molecule has 0 unspecified atom stereocenters. The first-order chi connectivity index (χ1) is 15.3. The average molecular weight is 453 g/mol. The molecule has 0 aliphatic carbocycles. The van der Waals surface area contributed by atoms with Crippen LogP contribution in [0.15, 0.2) is 93.5 Å². The molecule has 0 fully saturated rings. The molecule has 3 aromatic rings. The van der Waals surface area contributed by atoms with Crippen molar-refractivity contribution in [3.8, 4) is 11.5 Å². The zero-order valence-electron chi connectivity index (χ0n) is 19.4. The Kier molecular flexibility index (Phi) is 7.86. The van der Waals surface area contributed by atoms with E-state index in [2.05, 4.69) is 0 Å². The van der Waals surface area contributed by atoms with Crippen molar-refractivity contribution in [2.45, 2.75) is 67.9 Å². The van der Waals surface area contributed by atoms with Gasteiger partial charge in [-0.15, -0.1) is 0 Å². The summed E-state index contributed by atoms with van der Waals surface area (Å²) < 4.78 is 18.0. The lowest BCUT2D eigenvalue weighted by Gasteiger charge is -2.39. The van der Waals surface area contributed by atoms with Crippen molar-refractivity contribution in [2.75, 3.05) is 0 Å². The lowest BCUT2D eigenvalue weighted by Crippen LogP contribution is -2.13. The maximum absolute atomic E-state index is 12.7. The number of benzene rings is 3. The molecule has 0 aromatic heterocycles. The first-order valence-corrected chi connectivity index (χ1v) is 12.5. The third-order valence-corrected chi connectivity index (χ3v) is 7.88. The van der Waals surface area contributed by atoms with Gasteiger partial charge in [0, 0.05) is 21.1 Å². The third-order valence-electron chi connectivity index (χ3n) is 4.64. The van der Waals surface area contributed by atoms with Crippen LogP contribution < -0.4 is 9.47 Å². The van der Waals surface area contributed by atoms with E-state index >= 15 is 0 Å². The Morgan fingerprint density at radius 2 is 1.09 bits per heavy atom. The molecule has 3 aromatic carbocycles. The molecule has 0 amide bonds. The van der Waals surface area contributed by atoms with Gasteiger partial charge in [0.1, 0.15) is 11.5 Å². The maximum Gasteiger partial charge on any atom is 0.316 e. The summed E-state index contributed by atoms with van der Waals surface area (Å²) in [7, 11) is -2.30. The number of hydrogen-bond acceptors (Lipinski definition) is 4. The second-order valence-electron chi connectivity index (χ2n) is 7.95. The van der Waals surface area contributed by atoms with Gasteiger partial charge in [-0.2, -0.15) is 0 Å². The zero-order chi connectivity index (χ0) is 23.1. The Hall–Kier alpha value is -2.92. The highest BCUT2D eigenvalue weighted by Crippen LogP contribution is 2.69. The van der Waals surface area contributed by atoms with Gasteiger partial charge in [0.2, 0.25) is 0 Å². The van der Waals surface area contributed by atoms with Crippen molar-refractivity contribution >= 4 is 16.3 Å². The van der Waals surface area contributed by atoms with Gasteiger partial charge < -0.3 is 13.7 Å². The van der Waals surface area contributed by atoms with E-state index in [-0.39, 0.29) is 18.2 Å². The number of carbonyl (C=O) groups excluding carboxylic acids is 1. The van der Waals surface area contributed by atoms with Crippen LogP contribution in [0, 0.1) is 0 Å². The highest BCUT2D eigenvalue weighted by molar-refractivity contribution is 8.30. The largest absolute Gasteiger partial charge is 0.491 e. The summed E-state index contributed by atoms with van der Waals surface area (Å²) in [6.45, 7) is 9.81. The molecule has 0 aliphatic heterocycles. The second-order valence-corrected chi connectivity index (χ2v) is 10.6. The summed E-state index contributed by atoms with van der Waals surface area (Å²) in [6, 6.07) is 25.7. The summed E-state index contributed by atoms with van der Waals surface area (Å²) in [5.41, 5.74) is 0. The van der Waals surface area contributed by atoms with Crippen LogP contribution >= 0.6 is 10.3 Å². The Morgan fingerprint density at radius 1 is 0.688 bits per heavy atom. The molecule has 3 rings (SSSR count). The molecule has 0 saturated carbocycles. The van der Waals surface area contributed by atoms with Crippen LogP contribution in [0.2, 0.25) is 0 Å². The lowest BCUT2D eigenvalue weighted by molar-refractivity contribution is -0.133. The quantitative estimate of drug-likeness (QED) is 0.339. The highest BCUT2D eigenvalue weighted by Gasteiger charge is 2.35. The number of hydrogen-bond donors (Lipinski definition) is 0. The molecule has 4 nitrogen and oxygen atoms in total. The molecule has 0 N–H and O–H groups in total. The fourth-order valence-corrected chi connectivity index (χ4v) is 6.41. The van der Waals surface area contributed by atoms with E-state index in [0.717, 1.165) is 26.2 Å². The SMILES string of the molecule is CCC(=O)OS(c1ccccc1)(c1ccc(OC(C)C)cc1)c1ccc(OC(C)C)cc1. The zero-order valence-corrected chi connectivity index (χ0v) is 20.2. The fourth-order valence-electron chi connectivity index (χ4n) is 3.33. The van der Waals surface area contributed by atoms with Crippen molar-refractivity contribution in [3.63, 3.8) is 0 Å². The molecule has 0 bridgehead atoms. The molecule has 5 heteroatoms. The van der Waals surface area contributed by atoms with Crippen LogP contribution in [0.5, 0.6) is 11.5 Å². The van der Waals surface area contributed by atoms with Crippen LogP contribution in [0.25, 0.3) is 0 Å². The Labute approximate surface area is 193 Å². The number of ether oxygens (including phenoxy) is 2. The Balaban J connectivity index is 2.19. The van der Waals surface area contributed by atoms with E-state index in [0.29, 0.717) is 6.42 Å². The van der Waals surface area contributed by atoms with Crippen molar-refractivity contribution in [1.82, 2.24) is 0 Å². The van der Waals surface area contributed by atoms with E-state index in [1.165, 1.54) is 0 Å². The summed E-state index contributed by atoms with van der Waals surface area (Å²) in [5, 5.41) is 0. The Morgan fingerprint density at radius 3 is 1.47 bits per heavy atom. The van der Waals surface area contributed by atoms with E-state index in [1.807, 2.05) is 113 Å². The fraction of sp³-hybridized carbons (Fsp3) is 0.296. The number of carbonyl (C=O) groups is 1. The molecule has 0 spiro atoms. The average Bonchev–Trinajstić information content (AvgIpc) is 2.78. The van der Waals surface area contributed by atoms with E-state index in [4.69, 9.17) is 13.7 Å². The molecule has 32 heavy (non-hydrogen) atoms. The van der Waals surface area contributed by atoms with Crippen LogP contribution in [0.1, 0.15) is 41.0 Å². The van der Waals surface area contributed by atoms with Crippen LogP contribution in [-0.2, 0) is 8.98 Å². The lowest BCUT2D eigenvalue weighted by atomic mass is 10.3. The minimum atomic E-state index is -2.30. The summed E-state index contributed by atoms with van der Waals surface area (Å²) in [4.78, 5) is 15.5. The van der Waals surface area contributed by atoms with Gasteiger partial charge in [-0.05, 0) is 98.7 Å². The van der Waals surface area contributed by atoms with E-state index < -0.39 is 10.3 Å². The van der Waals surface area contributed by atoms with Crippen molar-refractivity contribution < 1.29 is 18.5 Å². The van der Waals surface area contributed by atoms with Gasteiger partial charge in [0.05, 0.1) is 12.2 Å². The van der Waals surface area contributed by atoms with Crippen molar-refractivity contribution in [1.29, 1.82) is 0 Å². The van der Waals surface area contributed by atoms with Gasteiger partial charge in [-0.1, -0.05) is 25.1 Å². The van der Waals surface area contributed by atoms with E-state index in [1.54, 1.807) is 0 Å². The predicted molar refractivity (Wildman–Crippen MR) is 130 cm³/mol. The van der Waals surface area contributed by atoms with Crippen LogP contribution in [0.4, 0.5) is 0 Å². The molecular weight excluding hydrogens is 420 g/mol. The van der Waals surface area contributed by atoms with Gasteiger partial charge >= 0.3 is 5.97 Å². The summed E-state index contributed by atoms with van der Waals surface area (Å²) in [5.74, 6) is 1.33. The molecule has 0 aliphatic rings. The topological polar surface area (TPSA) is 44.8 Å². The van der Waals surface area contributed by atoms with Crippen molar-refractivity contribution in [2.24, 2.45) is 0 Å². The van der Waals surface area contributed by atoms with Gasteiger partial charge in [0.25, 0.3) is 0 Å². The summed E-state index contributed by atoms with van der Waals surface area (Å²) in [6.07, 6.45) is 0.460. The highest BCUT2D eigenvalue weighted by atomic mass is 32.3. The number of rotatable bonds is 9. The van der Waals surface area contributed by atoms with E-state index in [9.17, 15) is 4.79 Å². The van der Waals surface area contributed by atoms with Crippen LogP contribution in [-0.4, -0.2) is 18.2 Å². The smallest absolute Gasteiger partial charge is 0.316 e. The first-order valence-electron chi connectivity index (χ1n) is 11.0. The monoisotopic (exact) mass is 452 g/mol. The van der Waals surface area contributed by atoms with Gasteiger partial charge in [-0.3, -0.25) is 4.79 Å². The predicted octanol–water partition coefficient (Wildman–Crippen LogP) is 7.41. The minimum absolute atomic E-state index is 0.0819. The van der Waals surface area contributed by atoms with Crippen molar-refractivity contribution in [3.05, 3.63) is 78.9 Å². The molecular formula is C27H32O4S. The molecule has 170 valence electrons. The first kappa shape index (κ1) is 23.7.